The number of amides is 1. The second kappa shape index (κ2) is 19.9. The molecular formula is C33H42N14O18. The molecule has 0 radical (unpaired) electrons. The van der Waals surface area contributed by atoms with Gasteiger partial charge in [-0.3, -0.25) is 42.5 Å². The molecule has 3 fully saturated rings. The van der Waals surface area contributed by atoms with Gasteiger partial charge in [0.2, 0.25) is 0 Å². The van der Waals surface area contributed by atoms with Gasteiger partial charge >= 0.3 is 17.9 Å². The van der Waals surface area contributed by atoms with E-state index in [9.17, 15) is 49.2 Å². The maximum Gasteiger partial charge on any atom is 0.303 e. The van der Waals surface area contributed by atoms with Crippen molar-refractivity contribution in [3.8, 4) is 0 Å². The third kappa shape index (κ3) is 9.78. The van der Waals surface area contributed by atoms with E-state index in [1.54, 1.807) is 0 Å². The SMILES string of the molecule is CC(=O)OC[C@H]1O[C@@H](n2cnc3c(=O)[nH]nnc32)[C@H](OC(C)=O)[C@@H]1OC(C)=O.NC(=O)c1ncn([C@@H]2O[C@H](CO)[C@@H](O)[C@H]2O)c1N.O=c1[nH]nnc2c1ncn2[C@@H]1O[C@H](CO)[C@@H](O)[C@H]1O. The van der Waals surface area contributed by atoms with Crippen LogP contribution in [0.5, 0.6) is 0 Å². The molecule has 0 spiro atoms. The summed E-state index contributed by atoms with van der Waals surface area (Å²) in [6, 6.07) is 0. The molecule has 65 heavy (non-hydrogen) atoms. The number of imidazole rings is 3. The van der Waals surface area contributed by atoms with Gasteiger partial charge in [0.05, 0.1) is 32.2 Å². The van der Waals surface area contributed by atoms with E-state index in [0.29, 0.717) is 0 Å². The van der Waals surface area contributed by atoms with Crippen LogP contribution in [-0.4, -0.2) is 189 Å². The van der Waals surface area contributed by atoms with Gasteiger partial charge in [0.15, 0.2) is 58.9 Å². The van der Waals surface area contributed by atoms with Crippen molar-refractivity contribution >= 4 is 52.0 Å². The van der Waals surface area contributed by atoms with Crippen molar-refractivity contribution in [2.45, 2.75) is 94.4 Å². The van der Waals surface area contributed by atoms with E-state index in [1.165, 1.54) is 53.5 Å². The standard InChI is InChI=1S/C15H17N5O8.C9H11N5O5.C9H14N4O5/c1-6(21)25-4-9-11(26-7(2)22)12(27-8(3)23)15(28-9)20-5-16-10-13(20)17-19-18-14(10)24;15-1-3-5(16)6(17)9(19-3)14-2-10-4-7(14)11-13-12-8(4)18;10-7-4(8(11)17)12-2-13(7)9-6(16)5(15)3(1-14)18-9/h5,9,11-12,15H,4H2,1-3H3,(H,17,18,24);2-3,5-6,9,15-17H,1H2,(H,11,12,18);2-3,5-6,9,14-16H,1,10H2,(H2,11,17)/t9-,11-,12-,15-;2*3-,5-,6-,9-/m111/s1. The maximum atomic E-state index is 11.8. The fourth-order valence-electron chi connectivity index (χ4n) is 6.84. The monoisotopic (exact) mass is 922 g/mol. The highest BCUT2D eigenvalue weighted by Gasteiger charge is 2.51. The summed E-state index contributed by atoms with van der Waals surface area (Å²) in [6.07, 6.45) is -9.39. The van der Waals surface area contributed by atoms with Crippen molar-refractivity contribution < 1.29 is 78.2 Å². The number of hydrogen-bond acceptors (Lipinski definition) is 26. The number of H-pyrrole nitrogens is 2. The second-order valence-electron chi connectivity index (χ2n) is 14.2. The lowest BCUT2D eigenvalue weighted by atomic mass is 10.1. The van der Waals surface area contributed by atoms with Gasteiger partial charge in [0.1, 0.15) is 55.2 Å². The molecule has 0 aliphatic carbocycles. The van der Waals surface area contributed by atoms with Crippen molar-refractivity contribution in [3.05, 3.63) is 45.4 Å². The molecule has 0 bridgehead atoms. The van der Waals surface area contributed by atoms with Crippen LogP contribution in [0.3, 0.4) is 0 Å². The zero-order valence-electron chi connectivity index (χ0n) is 34.0. The van der Waals surface area contributed by atoms with Crippen LogP contribution in [-0.2, 0) is 42.8 Å². The molecule has 8 rings (SSSR count). The summed E-state index contributed by atoms with van der Waals surface area (Å²) in [5.74, 6) is -2.75. The van der Waals surface area contributed by atoms with Crippen LogP contribution >= 0.6 is 0 Å². The van der Waals surface area contributed by atoms with Crippen LogP contribution in [0, 0.1) is 0 Å². The average Bonchev–Trinajstić information content (AvgIpc) is 4.12. The largest absolute Gasteiger partial charge is 0.463 e. The number of hydrogen-bond donors (Lipinski definition) is 10. The lowest BCUT2D eigenvalue weighted by Gasteiger charge is -2.23. The minimum Gasteiger partial charge on any atom is -0.463 e. The second-order valence-corrected chi connectivity index (χ2v) is 14.2. The highest BCUT2D eigenvalue weighted by Crippen LogP contribution is 2.36. The quantitative estimate of drug-likeness (QED) is 0.0460. The zero-order valence-corrected chi connectivity index (χ0v) is 34.0. The Morgan fingerprint density at radius 1 is 0.662 bits per heavy atom. The van der Waals surface area contributed by atoms with Crippen molar-refractivity contribution in [1.29, 1.82) is 0 Å². The number of nitrogens with two attached hydrogens (primary N) is 2. The highest BCUT2D eigenvalue weighted by molar-refractivity contribution is 5.95. The topological polar surface area (TPSA) is 468 Å². The van der Waals surface area contributed by atoms with Crippen LogP contribution in [0.15, 0.2) is 28.6 Å². The average molecular weight is 923 g/mol. The molecule has 0 unspecified atom stereocenters. The van der Waals surface area contributed by atoms with E-state index in [2.05, 4.69) is 45.8 Å². The molecule has 3 aliphatic rings. The van der Waals surface area contributed by atoms with Gasteiger partial charge in [-0.25, -0.2) is 25.1 Å². The van der Waals surface area contributed by atoms with E-state index in [4.69, 9.17) is 50.1 Å². The molecular weight excluding hydrogens is 880 g/mol. The van der Waals surface area contributed by atoms with Crippen LogP contribution in [0.4, 0.5) is 5.82 Å². The van der Waals surface area contributed by atoms with E-state index >= 15 is 0 Å². The molecule has 0 saturated carbocycles. The van der Waals surface area contributed by atoms with Crippen LogP contribution < -0.4 is 22.6 Å². The molecule has 3 aliphatic heterocycles. The highest BCUT2D eigenvalue weighted by atomic mass is 16.7. The van der Waals surface area contributed by atoms with Crippen molar-refractivity contribution in [1.82, 2.24) is 59.5 Å². The summed E-state index contributed by atoms with van der Waals surface area (Å²) in [7, 11) is 0. The number of primary amides is 1. The van der Waals surface area contributed by atoms with E-state index in [-0.39, 0.29) is 40.4 Å². The van der Waals surface area contributed by atoms with Gasteiger partial charge in [0.25, 0.3) is 17.0 Å². The smallest absolute Gasteiger partial charge is 0.303 e. The maximum absolute atomic E-state index is 11.8. The van der Waals surface area contributed by atoms with Gasteiger partial charge in [-0.15, -0.1) is 10.2 Å². The van der Waals surface area contributed by atoms with Crippen LogP contribution in [0.25, 0.3) is 22.3 Å². The number of anilines is 1. The lowest BCUT2D eigenvalue weighted by molar-refractivity contribution is -0.166. The Hall–Kier alpha value is -6.91. The number of rotatable bonds is 10. The number of aliphatic hydroxyl groups is 6. The Balaban J connectivity index is 0.000000167. The molecule has 1 amide bonds. The van der Waals surface area contributed by atoms with Crippen LogP contribution in [0.1, 0.15) is 49.9 Å². The van der Waals surface area contributed by atoms with Crippen molar-refractivity contribution in [2.75, 3.05) is 25.6 Å². The zero-order chi connectivity index (χ0) is 47.4. The molecule has 0 aromatic carbocycles. The Bertz CT molecular complexity index is 2630. The number of ether oxygens (including phenoxy) is 6. The molecule has 5 aromatic heterocycles. The molecule has 8 heterocycles. The number of aromatic amines is 2. The molecule has 12 atom stereocenters. The van der Waals surface area contributed by atoms with Crippen LogP contribution in [0.2, 0.25) is 0 Å². The number of nitrogens with zero attached hydrogens (tertiary/aromatic N) is 10. The fourth-order valence-corrected chi connectivity index (χ4v) is 6.84. The molecule has 32 nitrogen and oxygen atoms in total. The number of fused-ring (bicyclic) bond motifs is 2. The first-order valence-electron chi connectivity index (χ1n) is 18.9. The van der Waals surface area contributed by atoms with Gasteiger partial charge < -0.3 is 70.5 Å². The third-order valence-corrected chi connectivity index (χ3v) is 9.82. The number of aliphatic hydroxyl groups excluding tert-OH is 6. The summed E-state index contributed by atoms with van der Waals surface area (Å²) < 4.78 is 35.7. The molecule has 3 saturated heterocycles. The molecule has 5 aromatic rings. The number of nitrogen functional groups attached to an aromatic ring is 1. The fraction of sp³-hybridized carbons (Fsp3) is 0.545. The normalized spacial score (nSPS) is 28.3. The van der Waals surface area contributed by atoms with E-state index < -0.39 is 122 Å². The lowest BCUT2D eigenvalue weighted by Crippen LogP contribution is -2.40. The first-order valence-corrected chi connectivity index (χ1v) is 18.9. The van der Waals surface area contributed by atoms with Gasteiger partial charge in [-0.05, 0) is 0 Å². The third-order valence-electron chi connectivity index (χ3n) is 9.82. The number of nitrogens with one attached hydrogen (secondary N) is 2. The first kappa shape index (κ1) is 47.6. The predicted octanol–water partition coefficient (Wildman–Crippen LogP) is -6.86. The summed E-state index contributed by atoms with van der Waals surface area (Å²) in [5.41, 5.74) is 9.70. The minimum atomic E-state index is -1.29. The Morgan fingerprint density at radius 2 is 1.11 bits per heavy atom. The summed E-state index contributed by atoms with van der Waals surface area (Å²) in [5, 5.41) is 75.6. The summed E-state index contributed by atoms with van der Waals surface area (Å²) >= 11 is 0. The van der Waals surface area contributed by atoms with Crippen molar-refractivity contribution in [2.24, 2.45) is 5.73 Å². The Morgan fingerprint density at radius 3 is 1.54 bits per heavy atom. The molecule has 12 N–H and O–H groups in total. The molecule has 352 valence electrons. The van der Waals surface area contributed by atoms with E-state index in [0.717, 1.165) is 0 Å². The number of carbonyl (C=O) groups is 4. The predicted molar refractivity (Wildman–Crippen MR) is 205 cm³/mol. The van der Waals surface area contributed by atoms with Crippen molar-refractivity contribution in [3.63, 3.8) is 0 Å². The number of carbonyl (C=O) groups excluding carboxylic acids is 4. The number of aromatic nitrogens is 12. The first-order chi connectivity index (χ1) is 30.9. The summed E-state index contributed by atoms with van der Waals surface area (Å²) in [4.78, 5) is 80.1. The van der Waals surface area contributed by atoms with Gasteiger partial charge in [-0.1, -0.05) is 10.4 Å². The van der Waals surface area contributed by atoms with Gasteiger partial charge in [-0.2, -0.15) is 0 Å². The van der Waals surface area contributed by atoms with E-state index in [1.807, 2.05) is 0 Å². The Kier molecular flexibility index (Phi) is 14.5. The van der Waals surface area contributed by atoms with Gasteiger partial charge in [0, 0.05) is 20.8 Å². The summed E-state index contributed by atoms with van der Waals surface area (Å²) in [6.45, 7) is 2.43. The Labute approximate surface area is 360 Å². The molecule has 32 heteroatoms. The number of esters is 3. The minimum absolute atomic E-state index is 0.00681.